The molecule has 0 spiro atoms. The SMILES string of the molecule is C#CCN(CC(=O)O)CC(O)COCCOC. The number of aliphatic carboxylic acids is 1. The van der Waals surface area contributed by atoms with Gasteiger partial charge in [-0.25, -0.2) is 0 Å². The van der Waals surface area contributed by atoms with Crippen LogP contribution < -0.4 is 0 Å². The Hall–Kier alpha value is -1.13. The summed E-state index contributed by atoms with van der Waals surface area (Å²) < 4.78 is 9.89. The van der Waals surface area contributed by atoms with E-state index in [-0.39, 0.29) is 26.2 Å². The highest BCUT2D eigenvalue weighted by atomic mass is 16.5. The minimum Gasteiger partial charge on any atom is -0.480 e. The standard InChI is InChI=1S/C11H19NO5/c1-3-4-12(8-11(14)15)7-10(13)9-17-6-5-16-2/h1,10,13H,4-9H2,2H3,(H,14,15). The zero-order valence-corrected chi connectivity index (χ0v) is 9.96. The molecule has 98 valence electrons. The summed E-state index contributed by atoms with van der Waals surface area (Å²) in [4.78, 5) is 12.0. The maximum absolute atomic E-state index is 10.5. The summed E-state index contributed by atoms with van der Waals surface area (Å²) in [5, 5.41) is 18.2. The smallest absolute Gasteiger partial charge is 0.317 e. The summed E-state index contributed by atoms with van der Waals surface area (Å²) in [5.41, 5.74) is 0. The third-order valence-electron chi connectivity index (χ3n) is 1.88. The van der Waals surface area contributed by atoms with Crippen LogP contribution in [0.5, 0.6) is 0 Å². The number of hydrogen-bond acceptors (Lipinski definition) is 5. The molecule has 1 unspecified atom stereocenters. The molecule has 0 rings (SSSR count). The summed E-state index contributed by atoms with van der Waals surface area (Å²) >= 11 is 0. The minimum absolute atomic E-state index is 0.129. The van der Waals surface area contributed by atoms with E-state index in [9.17, 15) is 9.90 Å². The number of rotatable bonds is 10. The Labute approximate surface area is 101 Å². The van der Waals surface area contributed by atoms with Crippen LogP contribution in [-0.4, -0.2) is 73.8 Å². The largest absolute Gasteiger partial charge is 0.480 e. The van der Waals surface area contributed by atoms with Crippen LogP contribution in [0.4, 0.5) is 0 Å². The maximum atomic E-state index is 10.5. The molecule has 0 aromatic carbocycles. The van der Waals surface area contributed by atoms with Crippen molar-refractivity contribution in [2.75, 3.05) is 46.6 Å². The van der Waals surface area contributed by atoms with Crippen LogP contribution in [-0.2, 0) is 14.3 Å². The van der Waals surface area contributed by atoms with Crippen LogP contribution in [0.15, 0.2) is 0 Å². The molecule has 1 atom stereocenters. The number of ether oxygens (including phenoxy) is 2. The predicted molar refractivity (Wildman–Crippen MR) is 61.6 cm³/mol. The van der Waals surface area contributed by atoms with Crippen molar-refractivity contribution in [1.82, 2.24) is 4.90 Å². The highest BCUT2D eigenvalue weighted by molar-refractivity contribution is 5.69. The molecule has 2 N–H and O–H groups in total. The fourth-order valence-corrected chi connectivity index (χ4v) is 1.22. The summed E-state index contributed by atoms with van der Waals surface area (Å²) in [6.45, 7) is 1.13. The quantitative estimate of drug-likeness (QED) is 0.381. The van der Waals surface area contributed by atoms with Crippen molar-refractivity contribution in [2.24, 2.45) is 0 Å². The van der Waals surface area contributed by atoms with Crippen LogP contribution in [0.2, 0.25) is 0 Å². The molecule has 0 saturated carbocycles. The third kappa shape index (κ3) is 9.78. The van der Waals surface area contributed by atoms with E-state index < -0.39 is 12.1 Å². The van der Waals surface area contributed by atoms with Crippen LogP contribution in [0, 0.1) is 12.3 Å². The van der Waals surface area contributed by atoms with E-state index >= 15 is 0 Å². The van der Waals surface area contributed by atoms with Gasteiger partial charge in [0.25, 0.3) is 0 Å². The number of terminal acetylenes is 1. The lowest BCUT2D eigenvalue weighted by atomic mass is 10.3. The lowest BCUT2D eigenvalue weighted by molar-refractivity contribution is -0.138. The molecule has 0 fully saturated rings. The number of methoxy groups -OCH3 is 1. The Morgan fingerprint density at radius 3 is 2.76 bits per heavy atom. The summed E-state index contributed by atoms with van der Waals surface area (Å²) in [6.07, 6.45) is 4.34. The Kier molecular flexibility index (Phi) is 9.38. The van der Waals surface area contributed by atoms with Gasteiger partial charge in [0.1, 0.15) is 0 Å². The van der Waals surface area contributed by atoms with E-state index in [0.29, 0.717) is 13.2 Å². The van der Waals surface area contributed by atoms with E-state index in [1.165, 1.54) is 4.90 Å². The van der Waals surface area contributed by atoms with Crippen molar-refractivity contribution in [2.45, 2.75) is 6.10 Å². The number of aliphatic hydroxyl groups is 1. The molecule has 17 heavy (non-hydrogen) atoms. The second-order valence-electron chi connectivity index (χ2n) is 3.49. The highest BCUT2D eigenvalue weighted by Gasteiger charge is 2.13. The number of carboxylic acids is 1. The second kappa shape index (κ2) is 10.1. The maximum Gasteiger partial charge on any atom is 0.317 e. The van der Waals surface area contributed by atoms with Crippen LogP contribution >= 0.6 is 0 Å². The molecule has 0 aromatic rings. The molecule has 0 aliphatic heterocycles. The molecule has 0 aliphatic carbocycles. The first-order valence-corrected chi connectivity index (χ1v) is 5.22. The van der Waals surface area contributed by atoms with Crippen molar-refractivity contribution in [3.05, 3.63) is 0 Å². The van der Waals surface area contributed by atoms with Gasteiger partial charge < -0.3 is 19.7 Å². The van der Waals surface area contributed by atoms with E-state index in [1.54, 1.807) is 7.11 Å². The summed E-state index contributed by atoms with van der Waals surface area (Å²) in [5.74, 6) is 1.37. The molecule has 0 bridgehead atoms. The number of carbonyl (C=O) groups is 1. The topological polar surface area (TPSA) is 79.2 Å². The Balaban J connectivity index is 3.82. The fourth-order valence-electron chi connectivity index (χ4n) is 1.22. The van der Waals surface area contributed by atoms with Gasteiger partial charge in [-0.05, 0) is 0 Å². The molecular weight excluding hydrogens is 226 g/mol. The Morgan fingerprint density at radius 2 is 2.24 bits per heavy atom. The lowest BCUT2D eigenvalue weighted by Gasteiger charge is -2.21. The molecule has 6 nitrogen and oxygen atoms in total. The second-order valence-corrected chi connectivity index (χ2v) is 3.49. The van der Waals surface area contributed by atoms with Gasteiger partial charge >= 0.3 is 5.97 Å². The molecule has 0 aliphatic rings. The zero-order chi connectivity index (χ0) is 13.1. The molecule has 0 amide bonds. The molecule has 6 heteroatoms. The molecule has 0 heterocycles. The van der Waals surface area contributed by atoms with E-state index in [0.717, 1.165) is 0 Å². The van der Waals surface area contributed by atoms with Gasteiger partial charge in [-0.3, -0.25) is 9.69 Å². The van der Waals surface area contributed by atoms with Gasteiger partial charge in [0, 0.05) is 13.7 Å². The first-order chi connectivity index (χ1) is 8.10. The van der Waals surface area contributed by atoms with Gasteiger partial charge in [-0.1, -0.05) is 5.92 Å². The monoisotopic (exact) mass is 245 g/mol. The predicted octanol–water partition coefficient (Wildman–Crippen LogP) is -0.970. The van der Waals surface area contributed by atoms with Gasteiger partial charge in [-0.15, -0.1) is 6.42 Å². The normalized spacial score (nSPS) is 12.4. The van der Waals surface area contributed by atoms with E-state index in [2.05, 4.69) is 5.92 Å². The number of carboxylic acid groups (broad SMARTS) is 1. The molecule has 0 saturated heterocycles. The number of aliphatic hydroxyl groups excluding tert-OH is 1. The summed E-state index contributed by atoms with van der Waals surface area (Å²) in [6, 6.07) is 0. The minimum atomic E-state index is -0.979. The van der Waals surface area contributed by atoms with Crippen molar-refractivity contribution in [3.63, 3.8) is 0 Å². The van der Waals surface area contributed by atoms with Crippen LogP contribution in [0.3, 0.4) is 0 Å². The van der Waals surface area contributed by atoms with Gasteiger partial charge in [-0.2, -0.15) is 0 Å². The van der Waals surface area contributed by atoms with Crippen LogP contribution in [0.25, 0.3) is 0 Å². The first-order valence-electron chi connectivity index (χ1n) is 5.22. The lowest BCUT2D eigenvalue weighted by Crippen LogP contribution is -2.38. The Bertz CT molecular complexity index is 251. The van der Waals surface area contributed by atoms with Gasteiger partial charge in [0.15, 0.2) is 0 Å². The number of nitrogens with zero attached hydrogens (tertiary/aromatic N) is 1. The molecular formula is C11H19NO5. The van der Waals surface area contributed by atoms with Crippen molar-refractivity contribution >= 4 is 5.97 Å². The third-order valence-corrected chi connectivity index (χ3v) is 1.88. The van der Waals surface area contributed by atoms with Crippen molar-refractivity contribution in [1.29, 1.82) is 0 Å². The van der Waals surface area contributed by atoms with Crippen LogP contribution in [0.1, 0.15) is 0 Å². The average molecular weight is 245 g/mol. The highest BCUT2D eigenvalue weighted by Crippen LogP contribution is 1.94. The van der Waals surface area contributed by atoms with E-state index in [4.69, 9.17) is 21.0 Å². The average Bonchev–Trinajstić information content (AvgIpc) is 2.24. The Morgan fingerprint density at radius 1 is 1.53 bits per heavy atom. The molecule has 0 radical (unpaired) electrons. The van der Waals surface area contributed by atoms with Gasteiger partial charge in [0.2, 0.25) is 0 Å². The zero-order valence-electron chi connectivity index (χ0n) is 9.96. The van der Waals surface area contributed by atoms with Gasteiger partial charge in [0.05, 0.1) is 39.0 Å². The molecule has 0 aromatic heterocycles. The number of hydrogen-bond donors (Lipinski definition) is 2. The first kappa shape index (κ1) is 15.9. The van der Waals surface area contributed by atoms with Crippen molar-refractivity contribution in [3.8, 4) is 12.3 Å². The fraction of sp³-hybridized carbons (Fsp3) is 0.727. The van der Waals surface area contributed by atoms with E-state index in [1.807, 2.05) is 0 Å². The van der Waals surface area contributed by atoms with Crippen molar-refractivity contribution < 1.29 is 24.5 Å². The summed E-state index contributed by atoms with van der Waals surface area (Å²) in [7, 11) is 1.56.